The molecule has 0 bridgehead atoms. The molecular weight excluding hydrogens is 234 g/mol. The molecule has 0 N–H and O–H groups in total. The zero-order chi connectivity index (χ0) is 13.9. The van der Waals surface area contributed by atoms with E-state index in [9.17, 15) is 4.79 Å². The van der Waals surface area contributed by atoms with Gasteiger partial charge in [0.1, 0.15) is 0 Å². The number of nitrogens with zero attached hydrogens (tertiary/aromatic N) is 1. The Morgan fingerprint density at radius 3 is 2.05 bits per heavy atom. The van der Waals surface area contributed by atoms with E-state index in [0.717, 1.165) is 18.7 Å². The van der Waals surface area contributed by atoms with Crippen molar-refractivity contribution < 1.29 is 4.79 Å². The second-order valence-corrected chi connectivity index (χ2v) is 5.80. The molecule has 19 heavy (non-hydrogen) atoms. The average molecular weight is 259 g/mol. The number of carbonyl (C=O) groups is 1. The second-order valence-electron chi connectivity index (χ2n) is 5.80. The van der Waals surface area contributed by atoms with Crippen molar-refractivity contribution in [3.8, 4) is 0 Å². The Bertz CT molecular complexity index is 421. The first-order chi connectivity index (χ1) is 9.10. The lowest BCUT2D eigenvalue weighted by atomic mass is 9.74. The van der Waals surface area contributed by atoms with E-state index in [-0.39, 0.29) is 5.78 Å². The van der Waals surface area contributed by atoms with Gasteiger partial charge in [-0.25, -0.2) is 0 Å². The quantitative estimate of drug-likeness (QED) is 0.752. The molecule has 0 unspecified atom stereocenters. The third-order valence-corrected chi connectivity index (χ3v) is 4.96. The molecule has 0 saturated carbocycles. The van der Waals surface area contributed by atoms with Crippen LogP contribution in [0.4, 0.5) is 5.69 Å². The molecule has 0 aliphatic carbocycles. The fourth-order valence-corrected chi connectivity index (χ4v) is 3.10. The smallest absolute Gasteiger partial charge is 0.159 e. The van der Waals surface area contributed by atoms with Crippen molar-refractivity contribution in [2.24, 2.45) is 5.41 Å². The summed E-state index contributed by atoms with van der Waals surface area (Å²) in [7, 11) is 0. The van der Waals surface area contributed by atoms with Gasteiger partial charge >= 0.3 is 0 Å². The number of hydrogen-bond donors (Lipinski definition) is 0. The van der Waals surface area contributed by atoms with Gasteiger partial charge in [0.15, 0.2) is 5.78 Å². The fourth-order valence-electron chi connectivity index (χ4n) is 3.10. The number of carbonyl (C=O) groups excluding carboxylic acids is 1. The predicted molar refractivity (Wildman–Crippen MR) is 80.9 cm³/mol. The summed E-state index contributed by atoms with van der Waals surface area (Å²) in [5, 5.41) is 0. The van der Waals surface area contributed by atoms with Crippen molar-refractivity contribution in [3.05, 3.63) is 29.8 Å². The highest BCUT2D eigenvalue weighted by molar-refractivity contribution is 5.94. The molecule has 104 valence electrons. The van der Waals surface area contributed by atoms with Gasteiger partial charge in [0.25, 0.3) is 0 Å². The van der Waals surface area contributed by atoms with E-state index in [1.807, 2.05) is 12.1 Å². The minimum absolute atomic E-state index is 0.140. The molecule has 1 aliphatic heterocycles. The normalized spacial score (nSPS) is 18.4. The van der Waals surface area contributed by atoms with Crippen LogP contribution in [0.15, 0.2) is 24.3 Å². The lowest BCUT2D eigenvalue weighted by molar-refractivity contribution is 0.101. The molecular formula is C17H25NO. The average Bonchev–Trinajstić information content (AvgIpc) is 2.47. The van der Waals surface area contributed by atoms with Crippen molar-refractivity contribution in [2.45, 2.75) is 46.5 Å². The number of hydrogen-bond acceptors (Lipinski definition) is 2. The highest BCUT2D eigenvalue weighted by Gasteiger charge is 2.31. The number of anilines is 1. The molecule has 1 aromatic carbocycles. The van der Waals surface area contributed by atoms with E-state index >= 15 is 0 Å². The summed E-state index contributed by atoms with van der Waals surface area (Å²) < 4.78 is 0. The number of ketones is 1. The maximum Gasteiger partial charge on any atom is 0.159 e. The summed E-state index contributed by atoms with van der Waals surface area (Å²) in [6.45, 7) is 8.54. The molecule has 1 fully saturated rings. The van der Waals surface area contributed by atoms with Crippen LogP contribution >= 0.6 is 0 Å². The molecule has 0 spiro atoms. The van der Waals surface area contributed by atoms with E-state index in [0.29, 0.717) is 5.41 Å². The van der Waals surface area contributed by atoms with Crippen LogP contribution in [0.25, 0.3) is 0 Å². The van der Waals surface area contributed by atoms with Crippen molar-refractivity contribution in [3.63, 3.8) is 0 Å². The van der Waals surface area contributed by atoms with E-state index in [2.05, 4.69) is 30.9 Å². The van der Waals surface area contributed by atoms with E-state index in [1.54, 1.807) is 6.92 Å². The molecule has 2 nitrogen and oxygen atoms in total. The molecule has 0 atom stereocenters. The van der Waals surface area contributed by atoms with Gasteiger partial charge in [-0.2, -0.15) is 0 Å². The number of piperidine rings is 1. The standard InChI is InChI=1S/C17H25NO/c1-4-17(5-2)10-12-18(13-11-17)16-8-6-15(7-9-16)14(3)19/h6-9H,4-5,10-13H2,1-3H3. The van der Waals surface area contributed by atoms with Gasteiger partial charge in [-0.15, -0.1) is 0 Å². The summed E-state index contributed by atoms with van der Waals surface area (Å²) in [6, 6.07) is 8.06. The van der Waals surface area contributed by atoms with Gasteiger partial charge in [-0.1, -0.05) is 26.7 Å². The highest BCUT2D eigenvalue weighted by atomic mass is 16.1. The van der Waals surface area contributed by atoms with E-state index in [4.69, 9.17) is 0 Å². The summed E-state index contributed by atoms with van der Waals surface area (Å²) in [6.07, 6.45) is 5.16. The molecule has 2 rings (SSSR count). The van der Waals surface area contributed by atoms with Crippen LogP contribution in [-0.4, -0.2) is 18.9 Å². The SMILES string of the molecule is CCC1(CC)CCN(c2ccc(C(C)=O)cc2)CC1. The molecule has 1 heterocycles. The minimum atomic E-state index is 0.140. The summed E-state index contributed by atoms with van der Waals surface area (Å²) >= 11 is 0. The Morgan fingerprint density at radius 2 is 1.63 bits per heavy atom. The van der Waals surface area contributed by atoms with E-state index < -0.39 is 0 Å². The third-order valence-electron chi connectivity index (χ3n) is 4.96. The number of rotatable bonds is 4. The first-order valence-corrected chi connectivity index (χ1v) is 7.46. The molecule has 1 aliphatic rings. The van der Waals surface area contributed by atoms with Crippen LogP contribution in [0.1, 0.15) is 56.8 Å². The molecule has 0 amide bonds. The third kappa shape index (κ3) is 2.99. The zero-order valence-electron chi connectivity index (χ0n) is 12.4. The lowest BCUT2D eigenvalue weighted by Gasteiger charge is -2.42. The first kappa shape index (κ1) is 14.1. The van der Waals surface area contributed by atoms with Crippen molar-refractivity contribution >= 4 is 11.5 Å². The van der Waals surface area contributed by atoms with Crippen molar-refractivity contribution in [2.75, 3.05) is 18.0 Å². The molecule has 2 heteroatoms. The van der Waals surface area contributed by atoms with Gasteiger partial charge in [0.2, 0.25) is 0 Å². The fraction of sp³-hybridized carbons (Fsp3) is 0.588. The van der Waals surface area contributed by atoms with Crippen LogP contribution in [0, 0.1) is 5.41 Å². The Hall–Kier alpha value is -1.31. The van der Waals surface area contributed by atoms with Gasteiger partial charge in [-0.3, -0.25) is 4.79 Å². The lowest BCUT2D eigenvalue weighted by Crippen LogP contribution is -2.39. The minimum Gasteiger partial charge on any atom is -0.371 e. The maximum absolute atomic E-state index is 11.3. The molecule has 1 saturated heterocycles. The number of Topliss-reactive ketones (excluding diaryl/α,β-unsaturated/α-hetero) is 1. The van der Waals surface area contributed by atoms with Gasteiger partial charge in [0, 0.05) is 24.3 Å². The summed E-state index contributed by atoms with van der Waals surface area (Å²) in [5.74, 6) is 0.140. The Morgan fingerprint density at radius 1 is 1.11 bits per heavy atom. The molecule has 0 aromatic heterocycles. The first-order valence-electron chi connectivity index (χ1n) is 7.46. The summed E-state index contributed by atoms with van der Waals surface area (Å²) in [4.78, 5) is 13.7. The Balaban J connectivity index is 2.03. The maximum atomic E-state index is 11.3. The van der Waals surface area contributed by atoms with E-state index in [1.165, 1.54) is 31.4 Å². The zero-order valence-corrected chi connectivity index (χ0v) is 12.4. The molecule has 1 aromatic rings. The van der Waals surface area contributed by atoms with Gasteiger partial charge < -0.3 is 4.90 Å². The van der Waals surface area contributed by atoms with Gasteiger partial charge in [-0.05, 0) is 49.4 Å². The van der Waals surface area contributed by atoms with Crippen molar-refractivity contribution in [1.82, 2.24) is 0 Å². The molecule has 0 radical (unpaired) electrons. The van der Waals surface area contributed by atoms with Crippen LogP contribution in [0.3, 0.4) is 0 Å². The number of benzene rings is 1. The van der Waals surface area contributed by atoms with Crippen molar-refractivity contribution in [1.29, 1.82) is 0 Å². The van der Waals surface area contributed by atoms with Crippen LogP contribution in [0.5, 0.6) is 0 Å². The Kier molecular flexibility index (Phi) is 4.28. The second kappa shape index (κ2) is 5.77. The summed E-state index contributed by atoms with van der Waals surface area (Å²) in [5.41, 5.74) is 2.62. The topological polar surface area (TPSA) is 20.3 Å². The van der Waals surface area contributed by atoms with Crippen LogP contribution < -0.4 is 4.90 Å². The Labute approximate surface area is 116 Å². The largest absolute Gasteiger partial charge is 0.371 e. The van der Waals surface area contributed by atoms with Gasteiger partial charge in [0.05, 0.1) is 0 Å². The predicted octanol–water partition coefficient (Wildman–Crippen LogP) is 4.30. The highest BCUT2D eigenvalue weighted by Crippen LogP contribution is 2.39. The van der Waals surface area contributed by atoms with Crippen LogP contribution in [-0.2, 0) is 0 Å². The van der Waals surface area contributed by atoms with Crippen LogP contribution in [0.2, 0.25) is 0 Å². The monoisotopic (exact) mass is 259 g/mol.